The zero-order valence-electron chi connectivity index (χ0n) is 13.7. The molecule has 0 aliphatic carbocycles. The Hall–Kier alpha value is -2.92. The summed E-state index contributed by atoms with van der Waals surface area (Å²) >= 11 is 1.43. The standard InChI is InChI=1S/C20H15BN2OS/c21-15-10-8-14(9-11-15)18-12-25-20(22-18)23-19(24)17-7-3-5-13-4-1-2-6-16(13)17/h1-12H,21H2,(H,22,23,24). The minimum absolute atomic E-state index is 0.137. The van der Waals surface area contributed by atoms with E-state index in [0.29, 0.717) is 10.7 Å². The lowest BCUT2D eigenvalue weighted by Crippen LogP contribution is -2.12. The van der Waals surface area contributed by atoms with Crippen LogP contribution < -0.4 is 10.8 Å². The maximum Gasteiger partial charge on any atom is 0.258 e. The van der Waals surface area contributed by atoms with Crippen LogP contribution >= 0.6 is 11.3 Å². The third-order valence-corrected chi connectivity index (χ3v) is 4.86. The Balaban J connectivity index is 1.60. The van der Waals surface area contributed by atoms with Gasteiger partial charge in [-0.15, -0.1) is 11.3 Å². The normalized spacial score (nSPS) is 10.7. The van der Waals surface area contributed by atoms with Crippen molar-refractivity contribution < 1.29 is 4.79 Å². The summed E-state index contributed by atoms with van der Waals surface area (Å²) < 4.78 is 0. The maximum absolute atomic E-state index is 12.7. The molecule has 1 heterocycles. The fraction of sp³-hybridized carbons (Fsp3) is 0. The third-order valence-electron chi connectivity index (χ3n) is 4.11. The monoisotopic (exact) mass is 342 g/mol. The van der Waals surface area contributed by atoms with Crippen LogP contribution in [0.1, 0.15) is 10.4 Å². The quantitative estimate of drug-likeness (QED) is 0.579. The molecule has 1 aromatic heterocycles. The second kappa shape index (κ2) is 6.53. The number of aromatic nitrogens is 1. The molecule has 0 fully saturated rings. The number of fused-ring (bicyclic) bond motifs is 1. The molecule has 3 aromatic carbocycles. The third kappa shape index (κ3) is 3.19. The van der Waals surface area contributed by atoms with Crippen LogP contribution in [-0.4, -0.2) is 18.7 Å². The highest BCUT2D eigenvalue weighted by atomic mass is 32.1. The van der Waals surface area contributed by atoms with Gasteiger partial charge in [-0.1, -0.05) is 66.1 Å². The zero-order valence-corrected chi connectivity index (χ0v) is 14.5. The maximum atomic E-state index is 12.7. The molecule has 0 aliphatic heterocycles. The van der Waals surface area contributed by atoms with Gasteiger partial charge in [-0.2, -0.15) is 0 Å². The average Bonchev–Trinajstić information content (AvgIpc) is 3.10. The van der Waals surface area contributed by atoms with Gasteiger partial charge in [0.2, 0.25) is 0 Å². The van der Waals surface area contributed by atoms with E-state index in [1.807, 2.05) is 60.0 Å². The number of carbonyl (C=O) groups is 1. The molecule has 0 saturated heterocycles. The number of hydrogen-bond donors (Lipinski definition) is 1. The van der Waals surface area contributed by atoms with E-state index >= 15 is 0 Å². The summed E-state index contributed by atoms with van der Waals surface area (Å²) in [7, 11) is 2.06. The van der Waals surface area contributed by atoms with Crippen LogP contribution in [0.4, 0.5) is 5.13 Å². The molecule has 0 aliphatic rings. The SMILES string of the molecule is Bc1ccc(-c2csc(NC(=O)c3cccc4ccccc34)n2)cc1. The largest absolute Gasteiger partial charge is 0.298 e. The van der Waals surface area contributed by atoms with Crippen LogP contribution in [0.2, 0.25) is 0 Å². The molecule has 1 N–H and O–H groups in total. The predicted octanol–water partition coefficient (Wildman–Crippen LogP) is 3.47. The van der Waals surface area contributed by atoms with E-state index in [1.165, 1.54) is 16.8 Å². The van der Waals surface area contributed by atoms with Gasteiger partial charge in [0, 0.05) is 16.5 Å². The van der Waals surface area contributed by atoms with Crippen molar-refractivity contribution in [3.05, 3.63) is 77.7 Å². The first-order chi connectivity index (χ1) is 12.2. The summed E-state index contributed by atoms with van der Waals surface area (Å²) in [6.45, 7) is 0. The minimum atomic E-state index is -0.137. The van der Waals surface area contributed by atoms with Gasteiger partial charge >= 0.3 is 0 Å². The number of anilines is 1. The van der Waals surface area contributed by atoms with Gasteiger partial charge in [0.1, 0.15) is 7.85 Å². The van der Waals surface area contributed by atoms with Crippen molar-refractivity contribution >= 4 is 46.5 Å². The highest BCUT2D eigenvalue weighted by Crippen LogP contribution is 2.25. The molecule has 0 bridgehead atoms. The van der Waals surface area contributed by atoms with Crippen molar-refractivity contribution in [3.63, 3.8) is 0 Å². The lowest BCUT2D eigenvalue weighted by Gasteiger charge is -2.06. The number of benzene rings is 3. The molecule has 4 aromatic rings. The molecule has 3 nitrogen and oxygen atoms in total. The fourth-order valence-electron chi connectivity index (χ4n) is 2.78. The smallest absolute Gasteiger partial charge is 0.258 e. The van der Waals surface area contributed by atoms with E-state index in [-0.39, 0.29) is 5.91 Å². The van der Waals surface area contributed by atoms with E-state index in [4.69, 9.17) is 0 Å². The molecule has 120 valence electrons. The number of nitrogens with one attached hydrogen (secondary N) is 1. The Morgan fingerprint density at radius 2 is 1.72 bits per heavy atom. The zero-order chi connectivity index (χ0) is 17.2. The summed E-state index contributed by atoms with van der Waals surface area (Å²) in [6, 6.07) is 21.8. The van der Waals surface area contributed by atoms with E-state index in [2.05, 4.69) is 30.3 Å². The summed E-state index contributed by atoms with van der Waals surface area (Å²) in [4.78, 5) is 17.2. The van der Waals surface area contributed by atoms with E-state index in [9.17, 15) is 4.79 Å². The molecule has 4 rings (SSSR count). The van der Waals surface area contributed by atoms with Gasteiger partial charge in [0.25, 0.3) is 5.91 Å². The first-order valence-electron chi connectivity index (χ1n) is 8.02. The number of thiazole rings is 1. The van der Waals surface area contributed by atoms with Crippen molar-refractivity contribution in [2.45, 2.75) is 0 Å². The van der Waals surface area contributed by atoms with Crippen LogP contribution in [0.15, 0.2) is 72.1 Å². The molecule has 0 unspecified atom stereocenters. The van der Waals surface area contributed by atoms with Crippen molar-refractivity contribution in [2.75, 3.05) is 5.32 Å². The van der Waals surface area contributed by atoms with Crippen LogP contribution in [-0.2, 0) is 0 Å². The molecule has 0 saturated carbocycles. The second-order valence-corrected chi connectivity index (χ2v) is 6.74. The minimum Gasteiger partial charge on any atom is -0.298 e. The summed E-state index contributed by atoms with van der Waals surface area (Å²) in [6.07, 6.45) is 0. The Kier molecular flexibility index (Phi) is 4.08. The van der Waals surface area contributed by atoms with Gasteiger partial charge in [0.05, 0.1) is 5.69 Å². The lowest BCUT2D eigenvalue weighted by atomic mass is 9.95. The Morgan fingerprint density at radius 3 is 2.56 bits per heavy atom. The Bertz CT molecular complexity index is 1050. The lowest BCUT2D eigenvalue weighted by molar-refractivity contribution is 0.102. The van der Waals surface area contributed by atoms with Crippen molar-refractivity contribution in [3.8, 4) is 11.3 Å². The van der Waals surface area contributed by atoms with E-state index in [1.54, 1.807) is 0 Å². The first-order valence-corrected chi connectivity index (χ1v) is 8.90. The number of amides is 1. The van der Waals surface area contributed by atoms with E-state index in [0.717, 1.165) is 22.0 Å². The fourth-order valence-corrected chi connectivity index (χ4v) is 3.49. The summed E-state index contributed by atoms with van der Waals surface area (Å²) in [5.41, 5.74) is 3.79. The molecular formula is C20H15BN2OS. The van der Waals surface area contributed by atoms with E-state index < -0.39 is 0 Å². The van der Waals surface area contributed by atoms with Gasteiger partial charge in [0.15, 0.2) is 5.13 Å². The van der Waals surface area contributed by atoms with Crippen molar-refractivity contribution in [2.24, 2.45) is 0 Å². The van der Waals surface area contributed by atoms with Crippen LogP contribution in [0.25, 0.3) is 22.0 Å². The average molecular weight is 342 g/mol. The first kappa shape index (κ1) is 15.6. The van der Waals surface area contributed by atoms with Crippen LogP contribution in [0.3, 0.4) is 0 Å². The number of hydrogen-bond acceptors (Lipinski definition) is 3. The van der Waals surface area contributed by atoms with Gasteiger partial charge in [-0.05, 0) is 16.8 Å². The molecule has 25 heavy (non-hydrogen) atoms. The summed E-state index contributed by atoms with van der Waals surface area (Å²) in [5.74, 6) is -0.137. The Labute approximate surface area is 150 Å². The molecule has 1 amide bonds. The molecule has 0 spiro atoms. The number of rotatable bonds is 3. The molecular weight excluding hydrogens is 327 g/mol. The summed E-state index contributed by atoms with van der Waals surface area (Å²) in [5, 5.41) is 7.48. The number of carbonyl (C=O) groups excluding carboxylic acids is 1. The van der Waals surface area contributed by atoms with Crippen molar-refractivity contribution in [1.29, 1.82) is 0 Å². The van der Waals surface area contributed by atoms with Gasteiger partial charge < -0.3 is 0 Å². The van der Waals surface area contributed by atoms with Gasteiger partial charge in [-0.25, -0.2) is 4.98 Å². The van der Waals surface area contributed by atoms with Crippen LogP contribution in [0.5, 0.6) is 0 Å². The predicted molar refractivity (Wildman–Crippen MR) is 108 cm³/mol. The molecule has 0 radical (unpaired) electrons. The molecule has 0 atom stereocenters. The van der Waals surface area contributed by atoms with Gasteiger partial charge in [-0.3, -0.25) is 10.1 Å². The second-order valence-electron chi connectivity index (χ2n) is 5.88. The molecule has 5 heteroatoms. The highest BCUT2D eigenvalue weighted by Gasteiger charge is 2.12. The van der Waals surface area contributed by atoms with Crippen molar-refractivity contribution in [1.82, 2.24) is 4.98 Å². The topological polar surface area (TPSA) is 42.0 Å². The highest BCUT2D eigenvalue weighted by molar-refractivity contribution is 7.14. The van der Waals surface area contributed by atoms with Crippen LogP contribution in [0, 0.1) is 0 Å². The number of nitrogens with zero attached hydrogens (tertiary/aromatic N) is 1. The Morgan fingerprint density at radius 1 is 0.960 bits per heavy atom.